The molecular formula is C11H15NO3S. The van der Waals surface area contributed by atoms with Crippen molar-refractivity contribution < 1.29 is 14.6 Å². The van der Waals surface area contributed by atoms with Crippen molar-refractivity contribution in [3.05, 3.63) is 23.3 Å². The molecule has 0 radical (unpaired) electrons. The molecule has 0 amide bonds. The van der Waals surface area contributed by atoms with E-state index in [9.17, 15) is 4.79 Å². The summed E-state index contributed by atoms with van der Waals surface area (Å²) in [6.07, 6.45) is 0. The Morgan fingerprint density at radius 2 is 2.06 bits per heavy atom. The van der Waals surface area contributed by atoms with Crippen molar-refractivity contribution in [2.24, 2.45) is 5.73 Å². The van der Waals surface area contributed by atoms with Crippen LogP contribution in [0.1, 0.15) is 11.1 Å². The second kappa shape index (κ2) is 5.23. The minimum absolute atomic E-state index is 0.797. The van der Waals surface area contributed by atoms with Crippen molar-refractivity contribution in [2.45, 2.75) is 24.1 Å². The van der Waals surface area contributed by atoms with E-state index in [4.69, 9.17) is 15.6 Å². The summed E-state index contributed by atoms with van der Waals surface area (Å²) in [4.78, 5) is 11.5. The molecule has 0 saturated heterocycles. The smallest absolute Gasteiger partial charge is 0.331 e. The molecule has 3 N–H and O–H groups in total. The van der Waals surface area contributed by atoms with Crippen LogP contribution in [0.25, 0.3) is 0 Å². The Balaban J connectivity index is 2.98. The van der Waals surface area contributed by atoms with Gasteiger partial charge in [0.1, 0.15) is 5.75 Å². The number of carboxylic acids is 1. The fourth-order valence-corrected chi connectivity index (χ4v) is 2.16. The van der Waals surface area contributed by atoms with Gasteiger partial charge in [0.15, 0.2) is 5.37 Å². The van der Waals surface area contributed by atoms with Crippen LogP contribution in [-0.4, -0.2) is 23.6 Å². The first kappa shape index (κ1) is 12.9. The number of aliphatic carboxylic acids is 1. The van der Waals surface area contributed by atoms with Gasteiger partial charge in [0.2, 0.25) is 0 Å². The van der Waals surface area contributed by atoms with Crippen LogP contribution in [0.2, 0.25) is 0 Å². The summed E-state index contributed by atoms with van der Waals surface area (Å²) in [6.45, 7) is 3.81. The van der Waals surface area contributed by atoms with Gasteiger partial charge in [-0.2, -0.15) is 0 Å². The van der Waals surface area contributed by atoms with Crippen molar-refractivity contribution in [2.75, 3.05) is 7.11 Å². The largest absolute Gasteiger partial charge is 0.496 e. The van der Waals surface area contributed by atoms with E-state index in [1.165, 1.54) is 0 Å². The number of hydrogen-bond donors (Lipinski definition) is 2. The molecule has 1 aromatic rings. The Labute approximate surface area is 98.8 Å². The summed E-state index contributed by atoms with van der Waals surface area (Å²) < 4.78 is 5.18. The minimum Gasteiger partial charge on any atom is -0.496 e. The third-order valence-electron chi connectivity index (χ3n) is 2.19. The molecule has 5 heteroatoms. The molecule has 0 aromatic heterocycles. The maximum Gasteiger partial charge on any atom is 0.331 e. The highest BCUT2D eigenvalue weighted by atomic mass is 32.2. The molecule has 1 atom stereocenters. The molecule has 0 heterocycles. The molecule has 1 rings (SSSR count). The third-order valence-corrected chi connectivity index (χ3v) is 3.34. The van der Waals surface area contributed by atoms with Gasteiger partial charge in [-0.05, 0) is 37.1 Å². The predicted molar refractivity (Wildman–Crippen MR) is 63.9 cm³/mol. The predicted octanol–water partition coefficient (Wildman–Crippen LogP) is 1.77. The Morgan fingerprint density at radius 3 is 2.56 bits per heavy atom. The maximum atomic E-state index is 10.7. The van der Waals surface area contributed by atoms with E-state index in [-0.39, 0.29) is 0 Å². The first-order chi connectivity index (χ1) is 7.45. The van der Waals surface area contributed by atoms with Crippen LogP contribution in [0.15, 0.2) is 17.0 Å². The average Bonchev–Trinajstić information content (AvgIpc) is 2.22. The first-order valence-corrected chi connectivity index (χ1v) is 5.64. The highest BCUT2D eigenvalue weighted by molar-refractivity contribution is 8.00. The number of benzene rings is 1. The van der Waals surface area contributed by atoms with Crippen molar-refractivity contribution in [1.29, 1.82) is 0 Å². The van der Waals surface area contributed by atoms with Crippen molar-refractivity contribution >= 4 is 17.7 Å². The molecule has 16 heavy (non-hydrogen) atoms. The molecular weight excluding hydrogens is 226 g/mol. The number of hydrogen-bond acceptors (Lipinski definition) is 4. The summed E-state index contributed by atoms with van der Waals surface area (Å²) in [6, 6.07) is 3.77. The molecule has 0 aliphatic rings. The van der Waals surface area contributed by atoms with Gasteiger partial charge in [-0.1, -0.05) is 11.8 Å². The highest BCUT2D eigenvalue weighted by Crippen LogP contribution is 2.30. The standard InChI is InChI=1S/C11H15NO3S/c1-6-5-9(16-10(12)11(13)14)7(2)4-8(6)15-3/h4-5,10H,12H2,1-3H3,(H,13,14). The Kier molecular flexibility index (Phi) is 4.20. The molecule has 0 fully saturated rings. The average molecular weight is 241 g/mol. The van der Waals surface area contributed by atoms with Gasteiger partial charge in [-0.15, -0.1) is 0 Å². The van der Waals surface area contributed by atoms with Gasteiger partial charge in [0, 0.05) is 4.90 Å². The number of carboxylic acid groups (broad SMARTS) is 1. The molecule has 4 nitrogen and oxygen atoms in total. The maximum absolute atomic E-state index is 10.7. The molecule has 88 valence electrons. The fourth-order valence-electron chi connectivity index (χ4n) is 1.30. The van der Waals surface area contributed by atoms with Gasteiger partial charge in [0.25, 0.3) is 0 Å². The van der Waals surface area contributed by atoms with Crippen LogP contribution >= 0.6 is 11.8 Å². The Bertz CT molecular complexity index is 406. The summed E-state index contributed by atoms with van der Waals surface area (Å²) in [7, 11) is 1.61. The van der Waals surface area contributed by atoms with E-state index in [2.05, 4.69) is 0 Å². The van der Waals surface area contributed by atoms with Crippen molar-refractivity contribution in [1.82, 2.24) is 0 Å². The van der Waals surface area contributed by atoms with Crippen molar-refractivity contribution in [3.63, 3.8) is 0 Å². The van der Waals surface area contributed by atoms with Crippen LogP contribution < -0.4 is 10.5 Å². The highest BCUT2D eigenvalue weighted by Gasteiger charge is 2.15. The van der Waals surface area contributed by atoms with Crippen LogP contribution in [0.3, 0.4) is 0 Å². The van der Waals surface area contributed by atoms with E-state index < -0.39 is 11.3 Å². The van der Waals surface area contributed by atoms with Crippen LogP contribution in [0.4, 0.5) is 0 Å². The molecule has 0 saturated carbocycles. The van der Waals surface area contributed by atoms with Gasteiger partial charge < -0.3 is 15.6 Å². The normalized spacial score (nSPS) is 12.2. The molecule has 0 spiro atoms. The molecule has 0 aliphatic carbocycles. The minimum atomic E-state index is -1.02. The molecule has 0 bridgehead atoms. The van der Waals surface area contributed by atoms with E-state index >= 15 is 0 Å². The van der Waals surface area contributed by atoms with Gasteiger partial charge in [-0.3, -0.25) is 0 Å². The lowest BCUT2D eigenvalue weighted by Crippen LogP contribution is -2.26. The van der Waals surface area contributed by atoms with Gasteiger partial charge >= 0.3 is 5.97 Å². The van der Waals surface area contributed by atoms with E-state index in [1.54, 1.807) is 7.11 Å². The zero-order valence-electron chi connectivity index (χ0n) is 9.48. The fraction of sp³-hybridized carbons (Fsp3) is 0.364. The monoisotopic (exact) mass is 241 g/mol. The van der Waals surface area contributed by atoms with Gasteiger partial charge in [0.05, 0.1) is 7.11 Å². The summed E-state index contributed by atoms with van der Waals surface area (Å²) in [5.41, 5.74) is 7.40. The van der Waals surface area contributed by atoms with Crippen LogP contribution in [0, 0.1) is 13.8 Å². The first-order valence-electron chi connectivity index (χ1n) is 4.76. The Morgan fingerprint density at radius 1 is 1.44 bits per heavy atom. The van der Waals surface area contributed by atoms with E-state index in [0.29, 0.717) is 0 Å². The van der Waals surface area contributed by atoms with E-state index in [1.807, 2.05) is 26.0 Å². The number of thioether (sulfide) groups is 1. The van der Waals surface area contributed by atoms with E-state index in [0.717, 1.165) is 33.5 Å². The molecule has 1 aromatic carbocycles. The number of aryl methyl sites for hydroxylation is 2. The molecule has 0 aliphatic heterocycles. The second-order valence-electron chi connectivity index (χ2n) is 3.46. The summed E-state index contributed by atoms with van der Waals surface area (Å²) in [5.74, 6) is -0.219. The number of carbonyl (C=O) groups is 1. The summed E-state index contributed by atoms with van der Waals surface area (Å²) in [5, 5.41) is 7.80. The van der Waals surface area contributed by atoms with Crippen LogP contribution in [-0.2, 0) is 4.79 Å². The Hall–Kier alpha value is -1.20. The lowest BCUT2D eigenvalue weighted by molar-refractivity contribution is -0.136. The number of nitrogens with two attached hydrogens (primary N) is 1. The van der Waals surface area contributed by atoms with Crippen LogP contribution in [0.5, 0.6) is 5.75 Å². The number of rotatable bonds is 4. The number of ether oxygens (including phenoxy) is 1. The zero-order valence-corrected chi connectivity index (χ0v) is 10.3. The second-order valence-corrected chi connectivity index (χ2v) is 4.65. The topological polar surface area (TPSA) is 72.5 Å². The van der Waals surface area contributed by atoms with Crippen molar-refractivity contribution in [3.8, 4) is 5.75 Å². The zero-order chi connectivity index (χ0) is 12.3. The quantitative estimate of drug-likeness (QED) is 0.621. The number of methoxy groups -OCH3 is 1. The molecule has 1 unspecified atom stereocenters. The van der Waals surface area contributed by atoms with Gasteiger partial charge in [-0.25, -0.2) is 4.79 Å². The third kappa shape index (κ3) is 2.90. The SMILES string of the molecule is COc1cc(C)c(SC(N)C(=O)O)cc1C. The lowest BCUT2D eigenvalue weighted by Gasteiger charge is -2.12. The lowest BCUT2D eigenvalue weighted by atomic mass is 10.1. The summed E-state index contributed by atoms with van der Waals surface area (Å²) >= 11 is 1.13.